The van der Waals surface area contributed by atoms with Crippen molar-refractivity contribution in [3.8, 4) is 0 Å². The Morgan fingerprint density at radius 2 is 2.00 bits per heavy atom. The van der Waals surface area contributed by atoms with Gasteiger partial charge in [0.05, 0.1) is 6.61 Å². The fourth-order valence-corrected chi connectivity index (χ4v) is 1.02. The highest BCUT2D eigenvalue weighted by Crippen LogP contribution is 2.05. The molecular formula is C11H22O2. The molecule has 0 aromatic heterocycles. The standard InChI is InChI=1S/C11H22O2/c1-4-5-6-9-13-11(12)8-7-10(2)3/h10H,4-9H2,1-3H3. The van der Waals surface area contributed by atoms with E-state index in [-0.39, 0.29) is 5.97 Å². The molecule has 0 atom stereocenters. The van der Waals surface area contributed by atoms with Crippen LogP contribution in [-0.4, -0.2) is 12.6 Å². The van der Waals surface area contributed by atoms with Gasteiger partial charge in [0, 0.05) is 6.42 Å². The van der Waals surface area contributed by atoms with Crippen molar-refractivity contribution in [2.24, 2.45) is 5.92 Å². The average Bonchev–Trinajstić information content (AvgIpc) is 2.09. The van der Waals surface area contributed by atoms with Crippen molar-refractivity contribution < 1.29 is 9.53 Å². The fraction of sp³-hybridized carbons (Fsp3) is 0.909. The third kappa shape index (κ3) is 9.38. The Balaban J connectivity index is 3.20. The molecule has 0 aliphatic rings. The second kappa shape index (κ2) is 8.09. The quantitative estimate of drug-likeness (QED) is 0.451. The van der Waals surface area contributed by atoms with Crippen LogP contribution in [0.2, 0.25) is 0 Å². The summed E-state index contributed by atoms with van der Waals surface area (Å²) in [6, 6.07) is 0. The molecule has 78 valence electrons. The largest absolute Gasteiger partial charge is 0.466 e. The van der Waals surface area contributed by atoms with E-state index in [2.05, 4.69) is 20.8 Å². The van der Waals surface area contributed by atoms with Crippen LogP contribution >= 0.6 is 0 Å². The van der Waals surface area contributed by atoms with E-state index in [1.165, 1.54) is 6.42 Å². The molecule has 0 aliphatic heterocycles. The predicted octanol–water partition coefficient (Wildman–Crippen LogP) is 3.16. The number of hydrogen-bond acceptors (Lipinski definition) is 2. The van der Waals surface area contributed by atoms with Gasteiger partial charge in [0.2, 0.25) is 0 Å². The summed E-state index contributed by atoms with van der Waals surface area (Å²) in [4.78, 5) is 11.1. The maximum atomic E-state index is 11.1. The van der Waals surface area contributed by atoms with E-state index in [0.29, 0.717) is 18.9 Å². The van der Waals surface area contributed by atoms with Gasteiger partial charge in [-0.1, -0.05) is 33.6 Å². The summed E-state index contributed by atoms with van der Waals surface area (Å²) in [5.41, 5.74) is 0. The number of ether oxygens (including phenoxy) is 1. The Labute approximate surface area is 81.7 Å². The van der Waals surface area contributed by atoms with Gasteiger partial charge in [-0.05, 0) is 18.8 Å². The van der Waals surface area contributed by atoms with Crippen molar-refractivity contribution in [3.63, 3.8) is 0 Å². The zero-order valence-electron chi connectivity index (χ0n) is 9.14. The summed E-state index contributed by atoms with van der Waals surface area (Å²) in [6.07, 6.45) is 4.83. The van der Waals surface area contributed by atoms with Gasteiger partial charge in [0.25, 0.3) is 0 Å². The first kappa shape index (κ1) is 12.5. The van der Waals surface area contributed by atoms with Crippen LogP contribution in [0.25, 0.3) is 0 Å². The van der Waals surface area contributed by atoms with Crippen molar-refractivity contribution in [2.75, 3.05) is 6.61 Å². The van der Waals surface area contributed by atoms with Crippen LogP contribution in [0.15, 0.2) is 0 Å². The van der Waals surface area contributed by atoms with Gasteiger partial charge in [0.1, 0.15) is 0 Å². The average molecular weight is 186 g/mol. The molecule has 0 saturated heterocycles. The zero-order chi connectivity index (χ0) is 10.1. The lowest BCUT2D eigenvalue weighted by Crippen LogP contribution is -2.06. The lowest BCUT2D eigenvalue weighted by molar-refractivity contribution is -0.144. The van der Waals surface area contributed by atoms with Crippen molar-refractivity contribution in [1.82, 2.24) is 0 Å². The number of rotatable bonds is 7. The third-order valence-electron chi connectivity index (χ3n) is 1.94. The van der Waals surface area contributed by atoms with Crippen LogP contribution in [0.5, 0.6) is 0 Å². The van der Waals surface area contributed by atoms with E-state index in [0.717, 1.165) is 19.3 Å². The lowest BCUT2D eigenvalue weighted by Gasteiger charge is -2.05. The summed E-state index contributed by atoms with van der Waals surface area (Å²) in [7, 11) is 0. The summed E-state index contributed by atoms with van der Waals surface area (Å²) in [5.74, 6) is 0.549. The van der Waals surface area contributed by atoms with Gasteiger partial charge < -0.3 is 4.74 Å². The van der Waals surface area contributed by atoms with Crippen LogP contribution in [-0.2, 0) is 9.53 Å². The Hall–Kier alpha value is -0.530. The molecule has 0 aromatic rings. The highest BCUT2D eigenvalue weighted by molar-refractivity contribution is 5.69. The van der Waals surface area contributed by atoms with Crippen molar-refractivity contribution in [1.29, 1.82) is 0 Å². The number of hydrogen-bond donors (Lipinski definition) is 0. The minimum absolute atomic E-state index is 0.0372. The van der Waals surface area contributed by atoms with Gasteiger partial charge in [-0.3, -0.25) is 4.79 Å². The van der Waals surface area contributed by atoms with Crippen molar-refractivity contribution in [3.05, 3.63) is 0 Å². The molecular weight excluding hydrogens is 164 g/mol. The number of esters is 1. The minimum atomic E-state index is -0.0372. The van der Waals surface area contributed by atoms with Crippen molar-refractivity contribution >= 4 is 5.97 Å². The molecule has 0 radical (unpaired) electrons. The Bertz CT molecular complexity index is 130. The van der Waals surface area contributed by atoms with Crippen LogP contribution < -0.4 is 0 Å². The molecule has 0 heterocycles. The molecule has 0 aliphatic carbocycles. The molecule has 0 rings (SSSR count). The first-order valence-electron chi connectivity index (χ1n) is 5.32. The maximum absolute atomic E-state index is 11.1. The maximum Gasteiger partial charge on any atom is 0.305 e. The predicted molar refractivity (Wildman–Crippen MR) is 54.6 cm³/mol. The molecule has 0 amide bonds. The normalized spacial score (nSPS) is 10.5. The molecule has 0 aromatic carbocycles. The number of unbranched alkanes of at least 4 members (excludes halogenated alkanes) is 2. The van der Waals surface area contributed by atoms with Gasteiger partial charge in [-0.2, -0.15) is 0 Å². The zero-order valence-corrected chi connectivity index (χ0v) is 9.14. The highest BCUT2D eigenvalue weighted by Gasteiger charge is 2.03. The molecule has 0 N–H and O–H groups in total. The second-order valence-corrected chi connectivity index (χ2v) is 3.86. The van der Waals surface area contributed by atoms with Crippen LogP contribution in [0.1, 0.15) is 52.9 Å². The van der Waals surface area contributed by atoms with Gasteiger partial charge in [-0.15, -0.1) is 0 Å². The van der Waals surface area contributed by atoms with E-state index in [1.807, 2.05) is 0 Å². The topological polar surface area (TPSA) is 26.3 Å². The second-order valence-electron chi connectivity index (χ2n) is 3.86. The van der Waals surface area contributed by atoms with E-state index in [4.69, 9.17) is 4.74 Å². The third-order valence-corrected chi connectivity index (χ3v) is 1.94. The van der Waals surface area contributed by atoms with Crippen LogP contribution in [0, 0.1) is 5.92 Å². The molecule has 13 heavy (non-hydrogen) atoms. The van der Waals surface area contributed by atoms with Gasteiger partial charge in [-0.25, -0.2) is 0 Å². The van der Waals surface area contributed by atoms with Gasteiger partial charge in [0.15, 0.2) is 0 Å². The molecule has 2 heteroatoms. The van der Waals surface area contributed by atoms with E-state index in [1.54, 1.807) is 0 Å². The SMILES string of the molecule is CCCCCOC(=O)CCC(C)C. The van der Waals surface area contributed by atoms with Crippen LogP contribution in [0.3, 0.4) is 0 Å². The van der Waals surface area contributed by atoms with E-state index in [9.17, 15) is 4.79 Å². The summed E-state index contributed by atoms with van der Waals surface area (Å²) in [5, 5.41) is 0. The fourth-order valence-electron chi connectivity index (χ4n) is 1.02. The molecule has 0 unspecified atom stereocenters. The molecule has 0 saturated carbocycles. The summed E-state index contributed by atoms with van der Waals surface area (Å²) >= 11 is 0. The first-order chi connectivity index (χ1) is 6.16. The highest BCUT2D eigenvalue weighted by atomic mass is 16.5. The first-order valence-corrected chi connectivity index (χ1v) is 5.32. The smallest absolute Gasteiger partial charge is 0.305 e. The van der Waals surface area contributed by atoms with Crippen molar-refractivity contribution in [2.45, 2.75) is 52.9 Å². The van der Waals surface area contributed by atoms with Gasteiger partial charge >= 0.3 is 5.97 Å². The van der Waals surface area contributed by atoms with E-state index >= 15 is 0 Å². The molecule has 2 nitrogen and oxygen atoms in total. The summed E-state index contributed by atoms with van der Waals surface area (Å²) < 4.78 is 5.06. The molecule has 0 fully saturated rings. The molecule has 0 spiro atoms. The number of carbonyl (C=O) groups is 1. The monoisotopic (exact) mass is 186 g/mol. The van der Waals surface area contributed by atoms with Crippen LogP contribution in [0.4, 0.5) is 0 Å². The molecule has 0 bridgehead atoms. The lowest BCUT2D eigenvalue weighted by atomic mass is 10.1. The Morgan fingerprint density at radius 3 is 2.54 bits per heavy atom. The number of carbonyl (C=O) groups excluding carboxylic acids is 1. The summed E-state index contributed by atoms with van der Waals surface area (Å²) in [6.45, 7) is 6.97. The Morgan fingerprint density at radius 1 is 1.31 bits per heavy atom. The minimum Gasteiger partial charge on any atom is -0.466 e. The van der Waals surface area contributed by atoms with E-state index < -0.39 is 0 Å². The Kier molecular flexibility index (Phi) is 7.76.